The van der Waals surface area contributed by atoms with Gasteiger partial charge in [0.15, 0.2) is 5.76 Å². The Morgan fingerprint density at radius 3 is 2.47 bits per heavy atom. The van der Waals surface area contributed by atoms with Gasteiger partial charge in [0.25, 0.3) is 5.91 Å². The molecule has 1 atom stereocenters. The van der Waals surface area contributed by atoms with Crippen LogP contribution in [0.2, 0.25) is 5.02 Å². The van der Waals surface area contributed by atoms with Gasteiger partial charge < -0.3 is 14.6 Å². The predicted molar refractivity (Wildman–Crippen MR) is 123 cm³/mol. The summed E-state index contributed by atoms with van der Waals surface area (Å²) in [4.78, 5) is 18.8. The average molecular weight is 444 g/mol. The predicted octanol–water partition coefficient (Wildman–Crippen LogP) is 5.20. The number of furan rings is 1. The molecule has 1 aliphatic heterocycles. The van der Waals surface area contributed by atoms with Gasteiger partial charge >= 0.3 is 0 Å². The number of hydrogen-bond donors (Lipinski definition) is 1. The third-order valence-corrected chi connectivity index (χ3v) is 7.16. The minimum Gasteiger partial charge on any atom is -0.459 e. The van der Waals surface area contributed by atoms with Crippen LogP contribution in [0.3, 0.4) is 0 Å². The monoisotopic (exact) mass is 443 g/mol. The molecule has 0 bridgehead atoms. The van der Waals surface area contributed by atoms with Gasteiger partial charge in [-0.3, -0.25) is 9.69 Å². The van der Waals surface area contributed by atoms with Crippen LogP contribution < -0.4 is 5.32 Å². The van der Waals surface area contributed by atoms with E-state index >= 15 is 0 Å². The quantitative estimate of drug-likeness (QED) is 0.588. The minimum absolute atomic E-state index is 0.0489. The molecule has 3 heterocycles. The Balaban J connectivity index is 1.76. The fourth-order valence-corrected chi connectivity index (χ4v) is 5.14. The fourth-order valence-electron chi connectivity index (χ4n) is 3.92. The topological polar surface area (TPSA) is 48.7 Å². The highest BCUT2D eigenvalue weighted by molar-refractivity contribution is 7.16. The Labute approximate surface area is 186 Å². The maximum atomic E-state index is 12.7. The molecule has 2 aromatic heterocycles. The molecule has 3 aromatic rings. The maximum Gasteiger partial charge on any atom is 0.291 e. The van der Waals surface area contributed by atoms with Crippen molar-refractivity contribution < 1.29 is 9.21 Å². The van der Waals surface area contributed by atoms with Crippen LogP contribution >= 0.6 is 22.9 Å². The molecule has 1 fully saturated rings. The normalized spacial score (nSPS) is 16.5. The van der Waals surface area contributed by atoms with Crippen LogP contribution in [0.5, 0.6) is 0 Å². The summed E-state index contributed by atoms with van der Waals surface area (Å²) in [6, 6.07) is 11.5. The summed E-state index contributed by atoms with van der Waals surface area (Å²) in [6.45, 7) is 8.20. The second-order valence-electron chi connectivity index (χ2n) is 7.75. The second kappa shape index (κ2) is 8.94. The van der Waals surface area contributed by atoms with Crippen LogP contribution in [0.15, 0.2) is 47.1 Å². The molecule has 4 rings (SSSR count). The Bertz CT molecular complexity index is 1010. The summed E-state index contributed by atoms with van der Waals surface area (Å²) < 4.78 is 5.29. The van der Waals surface area contributed by atoms with E-state index in [9.17, 15) is 4.79 Å². The molecule has 1 amide bonds. The number of thiophene rings is 1. The molecule has 1 saturated heterocycles. The van der Waals surface area contributed by atoms with Gasteiger partial charge in [0, 0.05) is 41.6 Å². The lowest BCUT2D eigenvalue weighted by Crippen LogP contribution is -2.46. The van der Waals surface area contributed by atoms with E-state index in [1.165, 1.54) is 22.3 Å². The van der Waals surface area contributed by atoms with Gasteiger partial charge in [0.2, 0.25) is 0 Å². The maximum absolute atomic E-state index is 12.7. The molecule has 0 aliphatic carbocycles. The summed E-state index contributed by atoms with van der Waals surface area (Å²) in [5.41, 5.74) is 3.55. The molecule has 0 spiro atoms. The third-order valence-electron chi connectivity index (χ3n) is 5.77. The van der Waals surface area contributed by atoms with E-state index in [1.807, 2.05) is 12.1 Å². The summed E-state index contributed by atoms with van der Waals surface area (Å²) in [6.07, 6.45) is 1.52. The van der Waals surface area contributed by atoms with E-state index in [2.05, 4.69) is 48.1 Å². The van der Waals surface area contributed by atoms with Gasteiger partial charge in [0.05, 0.1) is 12.3 Å². The molecule has 7 heteroatoms. The van der Waals surface area contributed by atoms with Gasteiger partial charge in [-0.15, -0.1) is 11.3 Å². The molecule has 1 N–H and O–H groups in total. The van der Waals surface area contributed by atoms with Crippen molar-refractivity contribution >= 4 is 33.8 Å². The lowest BCUT2D eigenvalue weighted by molar-refractivity contribution is 0.0996. The Morgan fingerprint density at radius 1 is 1.13 bits per heavy atom. The average Bonchev–Trinajstić information content (AvgIpc) is 3.36. The van der Waals surface area contributed by atoms with Crippen molar-refractivity contribution in [1.82, 2.24) is 9.80 Å². The summed E-state index contributed by atoms with van der Waals surface area (Å²) in [7, 11) is 2.16. The molecule has 0 saturated carbocycles. The lowest BCUT2D eigenvalue weighted by atomic mass is 9.94. The number of halogens is 1. The number of aryl methyl sites for hydroxylation is 1. The zero-order chi connectivity index (χ0) is 21.3. The van der Waals surface area contributed by atoms with E-state index in [0.717, 1.165) is 41.8 Å². The van der Waals surface area contributed by atoms with Crippen LogP contribution in [0.4, 0.5) is 5.00 Å². The zero-order valence-corrected chi connectivity index (χ0v) is 19.0. The third kappa shape index (κ3) is 4.32. The number of benzene rings is 1. The van der Waals surface area contributed by atoms with Crippen molar-refractivity contribution in [3.63, 3.8) is 0 Å². The number of carbonyl (C=O) groups excluding carboxylic acids is 1. The molecule has 5 nitrogen and oxygen atoms in total. The van der Waals surface area contributed by atoms with Crippen LogP contribution in [0.25, 0.3) is 0 Å². The lowest BCUT2D eigenvalue weighted by Gasteiger charge is -2.39. The number of amides is 1. The first-order chi connectivity index (χ1) is 14.4. The van der Waals surface area contributed by atoms with E-state index in [4.69, 9.17) is 16.0 Å². The summed E-state index contributed by atoms with van der Waals surface area (Å²) in [5, 5.41) is 4.71. The van der Waals surface area contributed by atoms with E-state index < -0.39 is 0 Å². The first-order valence-corrected chi connectivity index (χ1v) is 11.3. The van der Waals surface area contributed by atoms with Crippen molar-refractivity contribution in [3.05, 3.63) is 75.0 Å². The number of piperazine rings is 1. The highest BCUT2D eigenvalue weighted by atomic mass is 35.5. The second-order valence-corrected chi connectivity index (χ2v) is 9.41. The summed E-state index contributed by atoms with van der Waals surface area (Å²) in [5.74, 6) is 0.0861. The van der Waals surface area contributed by atoms with Crippen LogP contribution in [0.1, 0.15) is 38.2 Å². The standard InChI is InChI=1S/C23H26ClN3O2S/c1-15-16(2)30-23(25-22(28)19-5-4-14-29-19)20(15)21(17-6-8-18(24)9-7-17)27-12-10-26(3)11-13-27/h4-9,14,21H,10-13H2,1-3H3,(H,25,28). The Kier molecular flexibility index (Phi) is 6.29. The fraction of sp³-hybridized carbons (Fsp3) is 0.348. The van der Waals surface area contributed by atoms with Gasteiger partial charge in [-0.1, -0.05) is 23.7 Å². The highest BCUT2D eigenvalue weighted by Gasteiger charge is 2.31. The number of carbonyl (C=O) groups is 1. The SMILES string of the molecule is Cc1sc(NC(=O)c2ccco2)c(C(c2ccc(Cl)cc2)N2CCN(C)CC2)c1C. The van der Waals surface area contributed by atoms with Crippen molar-refractivity contribution in [1.29, 1.82) is 0 Å². The first-order valence-electron chi connectivity index (χ1n) is 10.1. The molecule has 1 aliphatic rings. The number of nitrogens with one attached hydrogen (secondary N) is 1. The highest BCUT2D eigenvalue weighted by Crippen LogP contribution is 2.42. The molecular formula is C23H26ClN3O2S. The van der Waals surface area contributed by atoms with E-state index in [1.54, 1.807) is 23.5 Å². The van der Waals surface area contributed by atoms with E-state index in [-0.39, 0.29) is 11.9 Å². The van der Waals surface area contributed by atoms with Crippen LogP contribution in [-0.4, -0.2) is 48.9 Å². The smallest absolute Gasteiger partial charge is 0.291 e. The van der Waals surface area contributed by atoms with E-state index in [0.29, 0.717) is 5.76 Å². The van der Waals surface area contributed by atoms with Gasteiger partial charge in [-0.05, 0) is 56.3 Å². The van der Waals surface area contributed by atoms with Crippen molar-refractivity contribution in [2.75, 3.05) is 38.5 Å². The molecule has 0 radical (unpaired) electrons. The van der Waals surface area contributed by atoms with Crippen molar-refractivity contribution in [2.45, 2.75) is 19.9 Å². The van der Waals surface area contributed by atoms with Gasteiger partial charge in [0.1, 0.15) is 5.00 Å². The molecule has 1 unspecified atom stereocenters. The number of likely N-dealkylation sites (N-methyl/N-ethyl adjacent to an activating group) is 1. The molecule has 158 valence electrons. The van der Waals surface area contributed by atoms with Crippen LogP contribution in [0, 0.1) is 13.8 Å². The number of hydrogen-bond acceptors (Lipinski definition) is 5. The Hall–Kier alpha value is -2.12. The minimum atomic E-state index is -0.226. The molecule has 30 heavy (non-hydrogen) atoms. The molecular weight excluding hydrogens is 418 g/mol. The number of anilines is 1. The Morgan fingerprint density at radius 2 is 1.83 bits per heavy atom. The van der Waals surface area contributed by atoms with Crippen molar-refractivity contribution in [3.8, 4) is 0 Å². The zero-order valence-electron chi connectivity index (χ0n) is 17.4. The van der Waals surface area contributed by atoms with Crippen LogP contribution in [-0.2, 0) is 0 Å². The number of rotatable bonds is 5. The first kappa shape index (κ1) is 21.1. The van der Waals surface area contributed by atoms with Gasteiger partial charge in [-0.25, -0.2) is 0 Å². The van der Waals surface area contributed by atoms with Gasteiger partial charge in [-0.2, -0.15) is 0 Å². The number of nitrogens with zero attached hydrogens (tertiary/aromatic N) is 2. The van der Waals surface area contributed by atoms with Crippen molar-refractivity contribution in [2.24, 2.45) is 0 Å². The molecule has 1 aromatic carbocycles. The summed E-state index contributed by atoms with van der Waals surface area (Å²) >= 11 is 7.79. The largest absolute Gasteiger partial charge is 0.459 e.